The van der Waals surface area contributed by atoms with Crippen LogP contribution < -0.4 is 9.50 Å². The van der Waals surface area contributed by atoms with Crippen LogP contribution in [0, 0.1) is 6.92 Å². The molecule has 0 aliphatic heterocycles. The molecule has 0 bridgehead atoms. The van der Waals surface area contributed by atoms with Crippen LogP contribution >= 0.6 is 0 Å². The maximum absolute atomic E-state index is 12.8. The standard InChI is InChI=1S/C17H12F3N7O4S/c1-10-3-4-12(22-8-10)27-13(7-14(25-27)31-32(29,30)17(18,19)20)24-16(28)11-9-23-26-6-2-5-21-15(11)26/h2-9H,1H3,(H,24,28). The molecule has 32 heavy (non-hydrogen) atoms. The quantitative estimate of drug-likeness (QED) is 0.349. The fourth-order valence-electron chi connectivity index (χ4n) is 2.58. The van der Waals surface area contributed by atoms with E-state index in [4.69, 9.17) is 0 Å². The molecule has 0 radical (unpaired) electrons. The Balaban J connectivity index is 1.73. The number of halogens is 3. The number of carbonyl (C=O) groups excluding carboxylic acids is 1. The molecule has 4 aromatic heterocycles. The number of aromatic nitrogens is 6. The minimum absolute atomic E-state index is 0.0561. The Morgan fingerprint density at radius 3 is 2.66 bits per heavy atom. The Hall–Kier alpha value is -4.01. The number of anilines is 1. The molecule has 0 saturated carbocycles. The van der Waals surface area contributed by atoms with E-state index in [1.807, 2.05) is 0 Å². The lowest BCUT2D eigenvalue weighted by atomic mass is 10.3. The molecule has 166 valence electrons. The first-order chi connectivity index (χ1) is 15.0. The first-order valence-electron chi connectivity index (χ1n) is 8.69. The Morgan fingerprint density at radius 1 is 1.19 bits per heavy atom. The first kappa shape index (κ1) is 21.2. The van der Waals surface area contributed by atoms with Crippen molar-refractivity contribution < 1.29 is 30.6 Å². The number of amides is 1. The summed E-state index contributed by atoms with van der Waals surface area (Å²) in [4.78, 5) is 20.9. The van der Waals surface area contributed by atoms with Gasteiger partial charge in [0.05, 0.1) is 6.20 Å². The summed E-state index contributed by atoms with van der Waals surface area (Å²) in [5.74, 6) is -1.76. The fraction of sp³-hybridized carbons (Fsp3) is 0.118. The number of nitrogens with one attached hydrogen (secondary N) is 1. The van der Waals surface area contributed by atoms with Crippen LogP contribution in [0.15, 0.2) is 49.1 Å². The van der Waals surface area contributed by atoms with E-state index in [9.17, 15) is 26.4 Å². The van der Waals surface area contributed by atoms with Crippen molar-refractivity contribution in [3.8, 4) is 11.7 Å². The molecular formula is C17H12F3N7O4S. The molecule has 1 N–H and O–H groups in total. The van der Waals surface area contributed by atoms with E-state index in [0.717, 1.165) is 16.3 Å². The second-order valence-corrected chi connectivity index (χ2v) is 7.89. The highest BCUT2D eigenvalue weighted by Gasteiger charge is 2.49. The summed E-state index contributed by atoms with van der Waals surface area (Å²) in [6, 6.07) is 5.53. The van der Waals surface area contributed by atoms with Crippen LogP contribution in [-0.4, -0.2) is 49.2 Å². The summed E-state index contributed by atoms with van der Waals surface area (Å²) in [5, 5.41) is 10.1. The highest BCUT2D eigenvalue weighted by Crippen LogP contribution is 2.29. The van der Waals surface area contributed by atoms with Gasteiger partial charge in [0.1, 0.15) is 11.4 Å². The molecule has 0 aliphatic carbocycles. The number of pyridine rings is 1. The topological polar surface area (TPSA) is 133 Å². The van der Waals surface area contributed by atoms with Crippen LogP contribution in [0.25, 0.3) is 11.5 Å². The van der Waals surface area contributed by atoms with Gasteiger partial charge >= 0.3 is 15.6 Å². The second kappa shape index (κ2) is 7.60. The van der Waals surface area contributed by atoms with Gasteiger partial charge in [-0.15, -0.1) is 5.10 Å². The van der Waals surface area contributed by atoms with Gasteiger partial charge in [-0.2, -0.15) is 31.4 Å². The van der Waals surface area contributed by atoms with E-state index < -0.39 is 27.4 Å². The molecular weight excluding hydrogens is 455 g/mol. The van der Waals surface area contributed by atoms with Gasteiger partial charge in [0, 0.05) is 24.7 Å². The number of carbonyl (C=O) groups is 1. The number of fused-ring (bicyclic) bond motifs is 1. The second-order valence-electron chi connectivity index (χ2n) is 6.36. The lowest BCUT2D eigenvalue weighted by Gasteiger charge is -2.07. The third kappa shape index (κ3) is 3.96. The van der Waals surface area contributed by atoms with Gasteiger partial charge in [0.2, 0.25) is 0 Å². The van der Waals surface area contributed by atoms with Crippen LogP contribution in [-0.2, 0) is 10.1 Å². The van der Waals surface area contributed by atoms with Crippen LogP contribution in [0.2, 0.25) is 0 Å². The minimum Gasteiger partial charge on any atom is -0.354 e. The van der Waals surface area contributed by atoms with Gasteiger partial charge in [-0.3, -0.25) is 4.79 Å². The Kier molecular flexibility index (Phi) is 5.04. The van der Waals surface area contributed by atoms with Crippen molar-refractivity contribution in [3.63, 3.8) is 0 Å². The predicted octanol–water partition coefficient (Wildman–Crippen LogP) is 2.10. The monoisotopic (exact) mass is 467 g/mol. The average Bonchev–Trinajstić information content (AvgIpc) is 3.31. The lowest BCUT2D eigenvalue weighted by molar-refractivity contribution is -0.0501. The fourth-order valence-corrected chi connectivity index (χ4v) is 2.98. The zero-order valence-electron chi connectivity index (χ0n) is 16.0. The Morgan fingerprint density at radius 2 is 1.97 bits per heavy atom. The summed E-state index contributed by atoms with van der Waals surface area (Å²) in [7, 11) is -5.98. The molecule has 0 spiro atoms. The van der Waals surface area contributed by atoms with Crippen molar-refractivity contribution in [1.82, 2.24) is 29.4 Å². The maximum Gasteiger partial charge on any atom is 0.534 e. The first-order valence-corrected chi connectivity index (χ1v) is 10.1. The van der Waals surface area contributed by atoms with Crippen molar-refractivity contribution >= 4 is 27.5 Å². The third-order valence-electron chi connectivity index (χ3n) is 4.04. The van der Waals surface area contributed by atoms with Gasteiger partial charge in [0.15, 0.2) is 11.5 Å². The zero-order valence-corrected chi connectivity index (χ0v) is 16.8. The molecule has 4 rings (SSSR count). The molecule has 0 aliphatic rings. The molecule has 1 amide bonds. The largest absolute Gasteiger partial charge is 0.534 e. The third-order valence-corrected chi connectivity index (χ3v) is 5.00. The van der Waals surface area contributed by atoms with Gasteiger partial charge in [-0.1, -0.05) is 6.07 Å². The average molecular weight is 467 g/mol. The van der Waals surface area contributed by atoms with Crippen LogP contribution in [0.4, 0.5) is 19.0 Å². The summed E-state index contributed by atoms with van der Waals surface area (Å²) in [5.41, 5.74) is -4.60. The van der Waals surface area contributed by atoms with Gasteiger partial charge in [0.25, 0.3) is 11.8 Å². The number of alkyl halides is 3. The normalized spacial score (nSPS) is 12.1. The summed E-state index contributed by atoms with van der Waals surface area (Å²) >= 11 is 0. The minimum atomic E-state index is -5.98. The summed E-state index contributed by atoms with van der Waals surface area (Å²) in [6.45, 7) is 1.76. The summed E-state index contributed by atoms with van der Waals surface area (Å²) in [6.07, 6.45) is 5.70. The zero-order chi connectivity index (χ0) is 23.1. The number of hydrogen-bond acceptors (Lipinski definition) is 8. The van der Waals surface area contributed by atoms with E-state index in [1.54, 1.807) is 25.3 Å². The highest BCUT2D eigenvalue weighted by atomic mass is 32.2. The predicted molar refractivity (Wildman–Crippen MR) is 103 cm³/mol. The molecule has 0 fully saturated rings. The van der Waals surface area contributed by atoms with Gasteiger partial charge < -0.3 is 9.50 Å². The van der Waals surface area contributed by atoms with E-state index in [0.29, 0.717) is 0 Å². The lowest BCUT2D eigenvalue weighted by Crippen LogP contribution is -2.28. The molecule has 0 unspecified atom stereocenters. The number of hydrogen-bond donors (Lipinski definition) is 1. The SMILES string of the molecule is Cc1ccc(-n2nc(OS(=O)(=O)C(F)(F)F)cc2NC(=O)c2cnn3cccnc23)nc1. The van der Waals surface area contributed by atoms with Crippen LogP contribution in [0.5, 0.6) is 5.88 Å². The van der Waals surface area contributed by atoms with E-state index in [1.165, 1.54) is 29.2 Å². The number of nitrogens with zero attached hydrogens (tertiary/aromatic N) is 6. The Bertz CT molecular complexity index is 1410. The summed E-state index contributed by atoms with van der Waals surface area (Å²) < 4.78 is 67.2. The maximum atomic E-state index is 12.8. The van der Waals surface area contributed by atoms with Crippen LogP contribution in [0.3, 0.4) is 0 Å². The van der Waals surface area contributed by atoms with E-state index in [-0.39, 0.29) is 22.8 Å². The van der Waals surface area contributed by atoms with Crippen molar-refractivity contribution in [2.24, 2.45) is 0 Å². The molecule has 0 atom stereocenters. The van der Waals surface area contributed by atoms with Crippen molar-refractivity contribution in [1.29, 1.82) is 0 Å². The number of aryl methyl sites for hydroxylation is 1. The number of rotatable bonds is 5. The molecule has 0 saturated heterocycles. The molecule has 4 heterocycles. The smallest absolute Gasteiger partial charge is 0.354 e. The highest BCUT2D eigenvalue weighted by molar-refractivity contribution is 7.87. The Labute approximate surface area is 177 Å². The van der Waals surface area contributed by atoms with Crippen molar-refractivity contribution in [2.45, 2.75) is 12.4 Å². The molecule has 15 heteroatoms. The molecule has 0 aromatic carbocycles. The molecule has 4 aromatic rings. The van der Waals surface area contributed by atoms with Crippen molar-refractivity contribution in [2.75, 3.05) is 5.32 Å². The van der Waals surface area contributed by atoms with E-state index >= 15 is 0 Å². The van der Waals surface area contributed by atoms with E-state index in [2.05, 4.69) is 29.7 Å². The molecule has 11 nitrogen and oxygen atoms in total. The van der Waals surface area contributed by atoms with Gasteiger partial charge in [-0.25, -0.2) is 14.5 Å². The van der Waals surface area contributed by atoms with Crippen molar-refractivity contribution in [3.05, 3.63) is 60.2 Å². The van der Waals surface area contributed by atoms with Gasteiger partial charge in [-0.05, 0) is 24.6 Å². The van der Waals surface area contributed by atoms with Crippen LogP contribution in [0.1, 0.15) is 15.9 Å².